The summed E-state index contributed by atoms with van der Waals surface area (Å²) in [4.78, 5) is 24.6. The molecule has 20 heavy (non-hydrogen) atoms. The van der Waals surface area contributed by atoms with Crippen molar-refractivity contribution >= 4 is 34.2 Å². The van der Waals surface area contributed by atoms with Crippen LogP contribution in [0.15, 0.2) is 48.9 Å². The van der Waals surface area contributed by atoms with Gasteiger partial charge in [0.1, 0.15) is 5.52 Å². The number of amides is 1. The van der Waals surface area contributed by atoms with Crippen molar-refractivity contribution in [2.45, 2.75) is 0 Å². The Morgan fingerprint density at radius 3 is 2.70 bits per heavy atom. The summed E-state index contributed by atoms with van der Waals surface area (Å²) < 4.78 is 0. The molecule has 1 amide bonds. The molecule has 98 valence electrons. The van der Waals surface area contributed by atoms with Crippen LogP contribution in [0.1, 0.15) is 10.4 Å². The normalized spacial score (nSPS) is 10.4. The Morgan fingerprint density at radius 1 is 1.00 bits per heavy atom. The van der Waals surface area contributed by atoms with Gasteiger partial charge in [-0.05, 0) is 24.3 Å². The Hall–Kier alpha value is -2.53. The highest BCUT2D eigenvalue weighted by Crippen LogP contribution is 2.20. The van der Waals surface area contributed by atoms with Gasteiger partial charge in [0.25, 0.3) is 5.91 Å². The Kier molecular flexibility index (Phi) is 3.26. The van der Waals surface area contributed by atoms with E-state index in [4.69, 9.17) is 11.6 Å². The number of aromatic nitrogens is 3. The minimum Gasteiger partial charge on any atom is -0.319 e. The van der Waals surface area contributed by atoms with Gasteiger partial charge in [-0.25, -0.2) is 4.98 Å². The van der Waals surface area contributed by atoms with Gasteiger partial charge in [-0.1, -0.05) is 17.7 Å². The molecule has 3 rings (SSSR count). The number of hydrogen-bond donors (Lipinski definition) is 1. The Morgan fingerprint density at radius 2 is 1.85 bits per heavy atom. The number of nitrogens with one attached hydrogen (secondary N) is 1. The minimum atomic E-state index is -0.300. The monoisotopic (exact) mass is 284 g/mol. The summed E-state index contributed by atoms with van der Waals surface area (Å²) in [6.07, 6.45) is 4.69. The Balaban J connectivity index is 1.99. The molecule has 0 aliphatic rings. The number of rotatable bonds is 2. The van der Waals surface area contributed by atoms with Crippen LogP contribution < -0.4 is 5.32 Å². The van der Waals surface area contributed by atoms with Crippen LogP contribution in [0.25, 0.3) is 11.0 Å². The highest BCUT2D eigenvalue weighted by atomic mass is 35.5. The predicted octanol–water partition coefficient (Wildman–Crippen LogP) is 2.93. The van der Waals surface area contributed by atoms with Crippen LogP contribution in [0.2, 0.25) is 5.15 Å². The quantitative estimate of drug-likeness (QED) is 0.735. The van der Waals surface area contributed by atoms with Crippen LogP contribution in [0.5, 0.6) is 0 Å². The summed E-state index contributed by atoms with van der Waals surface area (Å²) in [7, 11) is 0. The highest BCUT2D eigenvalue weighted by molar-refractivity contribution is 6.32. The van der Waals surface area contributed by atoms with Crippen LogP contribution in [0.3, 0.4) is 0 Å². The summed E-state index contributed by atoms with van der Waals surface area (Å²) in [5.74, 6) is -0.300. The van der Waals surface area contributed by atoms with Gasteiger partial charge in [0.15, 0.2) is 5.15 Å². The third kappa shape index (κ3) is 2.31. The summed E-state index contributed by atoms with van der Waals surface area (Å²) in [5.41, 5.74) is 2.11. The third-order valence-corrected chi connectivity index (χ3v) is 3.05. The molecular formula is C14H9ClN4O. The summed E-state index contributed by atoms with van der Waals surface area (Å²) in [6, 6.07) is 8.64. The molecule has 0 saturated carbocycles. The van der Waals surface area contributed by atoms with E-state index in [1.807, 2.05) is 0 Å². The van der Waals surface area contributed by atoms with Crippen LogP contribution >= 0.6 is 11.6 Å². The van der Waals surface area contributed by atoms with E-state index < -0.39 is 0 Å². The second-order valence-corrected chi connectivity index (χ2v) is 4.38. The van der Waals surface area contributed by atoms with Crippen LogP contribution in [0.4, 0.5) is 5.69 Å². The molecule has 0 unspecified atom stereocenters. The van der Waals surface area contributed by atoms with E-state index in [2.05, 4.69) is 20.3 Å². The van der Waals surface area contributed by atoms with Crippen molar-refractivity contribution in [3.63, 3.8) is 0 Å². The standard InChI is InChI=1S/C14H9ClN4O/c15-13-11(5-2-6-18-13)19-14(20)9-3-1-4-10-12(9)17-8-7-16-10/h1-8H,(H,19,20). The number of fused-ring (bicyclic) bond motifs is 1. The van der Waals surface area contributed by atoms with Gasteiger partial charge in [-0.2, -0.15) is 0 Å². The Labute approximate surface area is 119 Å². The molecular weight excluding hydrogens is 276 g/mol. The summed E-state index contributed by atoms with van der Waals surface area (Å²) in [5, 5.41) is 2.96. The first-order chi connectivity index (χ1) is 9.75. The molecule has 0 aliphatic heterocycles. The SMILES string of the molecule is O=C(Nc1cccnc1Cl)c1cccc2nccnc12. The lowest BCUT2D eigenvalue weighted by Gasteiger charge is -2.07. The van der Waals surface area contributed by atoms with Crippen LogP contribution in [-0.2, 0) is 0 Å². The van der Waals surface area contributed by atoms with Crippen molar-refractivity contribution in [2.75, 3.05) is 5.32 Å². The summed E-state index contributed by atoms with van der Waals surface area (Å²) in [6.45, 7) is 0. The minimum absolute atomic E-state index is 0.243. The fraction of sp³-hybridized carbons (Fsp3) is 0. The molecule has 3 aromatic rings. The zero-order valence-electron chi connectivity index (χ0n) is 10.2. The molecule has 0 saturated heterocycles. The van der Waals surface area contributed by atoms with Gasteiger partial charge >= 0.3 is 0 Å². The number of nitrogens with zero attached hydrogens (tertiary/aromatic N) is 3. The second kappa shape index (κ2) is 5.22. The molecule has 6 heteroatoms. The summed E-state index contributed by atoms with van der Waals surface area (Å²) >= 11 is 5.92. The van der Waals surface area contributed by atoms with Crippen LogP contribution in [0, 0.1) is 0 Å². The number of carbonyl (C=O) groups excluding carboxylic acids is 1. The van der Waals surface area contributed by atoms with E-state index >= 15 is 0 Å². The maximum absolute atomic E-state index is 12.3. The smallest absolute Gasteiger partial charge is 0.258 e. The number of para-hydroxylation sites is 1. The van der Waals surface area contributed by atoms with E-state index in [1.165, 1.54) is 0 Å². The molecule has 0 bridgehead atoms. The number of halogens is 1. The second-order valence-electron chi connectivity index (χ2n) is 4.03. The molecule has 5 nitrogen and oxygen atoms in total. The van der Waals surface area contributed by atoms with Gasteiger partial charge in [0, 0.05) is 18.6 Å². The zero-order valence-corrected chi connectivity index (χ0v) is 11.0. The lowest BCUT2D eigenvalue weighted by molar-refractivity contribution is 0.102. The fourth-order valence-electron chi connectivity index (χ4n) is 1.84. The number of anilines is 1. The molecule has 0 aliphatic carbocycles. The first-order valence-electron chi connectivity index (χ1n) is 5.87. The van der Waals surface area contributed by atoms with Crippen molar-refractivity contribution < 1.29 is 4.79 Å². The molecule has 0 atom stereocenters. The first kappa shape index (κ1) is 12.5. The average Bonchev–Trinajstić information content (AvgIpc) is 2.49. The van der Waals surface area contributed by atoms with E-state index in [-0.39, 0.29) is 11.1 Å². The Bertz CT molecular complexity index is 785. The lowest BCUT2D eigenvalue weighted by Crippen LogP contribution is -2.13. The zero-order chi connectivity index (χ0) is 13.9. The third-order valence-electron chi connectivity index (χ3n) is 2.75. The van der Waals surface area contributed by atoms with Crippen molar-refractivity contribution in [3.8, 4) is 0 Å². The van der Waals surface area contributed by atoms with Gasteiger partial charge in [0.05, 0.1) is 16.8 Å². The molecule has 0 radical (unpaired) electrons. The number of carbonyl (C=O) groups is 1. The average molecular weight is 285 g/mol. The molecule has 1 aromatic carbocycles. The number of benzene rings is 1. The molecule has 2 heterocycles. The van der Waals surface area contributed by atoms with Gasteiger partial charge in [-0.15, -0.1) is 0 Å². The number of hydrogen-bond acceptors (Lipinski definition) is 4. The van der Waals surface area contributed by atoms with Crippen molar-refractivity contribution in [3.05, 3.63) is 59.6 Å². The van der Waals surface area contributed by atoms with E-state index in [1.54, 1.807) is 48.9 Å². The molecule has 0 fully saturated rings. The van der Waals surface area contributed by atoms with E-state index in [0.29, 0.717) is 22.3 Å². The highest BCUT2D eigenvalue weighted by Gasteiger charge is 2.13. The predicted molar refractivity (Wildman–Crippen MR) is 76.7 cm³/mol. The van der Waals surface area contributed by atoms with E-state index in [0.717, 1.165) is 0 Å². The molecule has 0 spiro atoms. The van der Waals surface area contributed by atoms with Crippen molar-refractivity contribution in [1.29, 1.82) is 0 Å². The largest absolute Gasteiger partial charge is 0.319 e. The topological polar surface area (TPSA) is 67.8 Å². The van der Waals surface area contributed by atoms with Gasteiger partial charge < -0.3 is 5.32 Å². The maximum atomic E-state index is 12.3. The van der Waals surface area contributed by atoms with Gasteiger partial charge in [0.2, 0.25) is 0 Å². The van der Waals surface area contributed by atoms with Crippen molar-refractivity contribution in [2.24, 2.45) is 0 Å². The molecule has 1 N–H and O–H groups in total. The van der Waals surface area contributed by atoms with Crippen LogP contribution in [-0.4, -0.2) is 20.9 Å². The fourth-order valence-corrected chi connectivity index (χ4v) is 2.01. The van der Waals surface area contributed by atoms with Gasteiger partial charge in [-0.3, -0.25) is 14.8 Å². The maximum Gasteiger partial charge on any atom is 0.258 e. The molecule has 2 aromatic heterocycles. The van der Waals surface area contributed by atoms with E-state index in [9.17, 15) is 4.79 Å². The first-order valence-corrected chi connectivity index (χ1v) is 6.25. The lowest BCUT2D eigenvalue weighted by atomic mass is 10.1. The van der Waals surface area contributed by atoms with Crippen molar-refractivity contribution in [1.82, 2.24) is 15.0 Å². The number of pyridine rings is 1.